The Bertz CT molecular complexity index is 462. The Hall–Kier alpha value is -0.480. The molecule has 0 unspecified atom stereocenters. The minimum absolute atomic E-state index is 0. The first kappa shape index (κ1) is 17.6. The smallest absolute Gasteiger partial charge is 0.227 e. The molecule has 1 aliphatic rings. The van der Waals surface area contributed by atoms with E-state index in [-0.39, 0.29) is 24.2 Å². The van der Waals surface area contributed by atoms with E-state index in [2.05, 4.69) is 5.32 Å². The molecule has 0 aliphatic carbocycles. The number of benzene rings is 1. The summed E-state index contributed by atoms with van der Waals surface area (Å²) < 4.78 is 0. The summed E-state index contributed by atoms with van der Waals surface area (Å²) in [7, 11) is 1.81. The van der Waals surface area contributed by atoms with Gasteiger partial charge in [-0.1, -0.05) is 35.3 Å². The van der Waals surface area contributed by atoms with Crippen LogP contribution in [0.25, 0.3) is 0 Å². The number of carbonyl (C=O) groups excluding carboxylic acids is 1. The highest BCUT2D eigenvalue weighted by molar-refractivity contribution is 6.42. The first-order valence-corrected chi connectivity index (χ1v) is 7.23. The van der Waals surface area contributed by atoms with Crippen LogP contribution in [0.4, 0.5) is 0 Å². The number of carbonyl (C=O) groups is 1. The lowest BCUT2D eigenvalue weighted by Crippen LogP contribution is -2.41. The molecule has 0 bridgehead atoms. The average Bonchev–Trinajstić information content (AvgIpc) is 2.44. The molecule has 20 heavy (non-hydrogen) atoms. The molecule has 1 amide bonds. The molecule has 6 heteroatoms. The number of nitrogens with zero attached hydrogens (tertiary/aromatic N) is 1. The van der Waals surface area contributed by atoms with Gasteiger partial charge < -0.3 is 10.2 Å². The third-order valence-corrected chi connectivity index (χ3v) is 4.32. The third-order valence-electron chi connectivity index (χ3n) is 3.46. The highest BCUT2D eigenvalue weighted by atomic mass is 35.5. The molecule has 0 saturated carbocycles. The molecule has 1 aromatic carbocycles. The Morgan fingerprint density at radius 1 is 1.45 bits per heavy atom. The van der Waals surface area contributed by atoms with Gasteiger partial charge in [-0.3, -0.25) is 4.79 Å². The number of nitrogens with one attached hydrogen (secondary N) is 1. The van der Waals surface area contributed by atoms with E-state index in [0.29, 0.717) is 16.6 Å². The van der Waals surface area contributed by atoms with Crippen molar-refractivity contribution < 1.29 is 4.79 Å². The predicted molar refractivity (Wildman–Crippen MR) is 85.8 cm³/mol. The number of halogens is 3. The summed E-state index contributed by atoms with van der Waals surface area (Å²) in [5.41, 5.74) is 0.883. The van der Waals surface area contributed by atoms with E-state index in [0.717, 1.165) is 31.5 Å². The highest BCUT2D eigenvalue weighted by Gasteiger charge is 2.24. The average molecular weight is 338 g/mol. The number of hydrogen-bond donors (Lipinski definition) is 1. The Labute approximate surface area is 136 Å². The molecule has 112 valence electrons. The van der Waals surface area contributed by atoms with E-state index < -0.39 is 0 Å². The highest BCUT2D eigenvalue weighted by Crippen LogP contribution is 2.26. The summed E-state index contributed by atoms with van der Waals surface area (Å²) >= 11 is 12.1. The van der Waals surface area contributed by atoms with Gasteiger partial charge >= 0.3 is 0 Å². The predicted octanol–water partition coefficient (Wildman–Crippen LogP) is 3.37. The zero-order chi connectivity index (χ0) is 13.8. The summed E-state index contributed by atoms with van der Waals surface area (Å²) in [4.78, 5) is 14.0. The Kier molecular flexibility index (Phi) is 7.10. The maximum absolute atomic E-state index is 12.3. The maximum atomic E-state index is 12.3. The molecular formula is C14H19Cl3N2O. The molecule has 1 N–H and O–H groups in total. The molecule has 0 aromatic heterocycles. The number of amides is 1. The molecule has 1 fully saturated rings. The van der Waals surface area contributed by atoms with Crippen molar-refractivity contribution in [2.24, 2.45) is 5.92 Å². The van der Waals surface area contributed by atoms with E-state index in [9.17, 15) is 4.79 Å². The van der Waals surface area contributed by atoms with Crippen molar-refractivity contribution in [3.8, 4) is 0 Å². The van der Waals surface area contributed by atoms with Crippen LogP contribution in [-0.2, 0) is 11.3 Å². The van der Waals surface area contributed by atoms with E-state index in [1.807, 2.05) is 19.2 Å². The molecule has 2 rings (SSSR count). The summed E-state index contributed by atoms with van der Waals surface area (Å²) in [5, 5.41) is 4.32. The van der Waals surface area contributed by atoms with E-state index in [4.69, 9.17) is 23.2 Å². The standard InChI is InChI=1S/C14H18Cl2N2O.ClH/c1-18(14(19)10-5-3-7-17-8-10)9-11-4-2-6-12(15)13(11)16;/h2,4,6,10,17H,3,5,7-9H2,1H3;1H/t10-;/m1./s1. The molecule has 1 atom stereocenters. The monoisotopic (exact) mass is 336 g/mol. The first-order valence-electron chi connectivity index (χ1n) is 6.48. The SMILES string of the molecule is CN(Cc1cccc(Cl)c1Cl)C(=O)[C@@H]1CCCNC1.Cl. The molecule has 1 saturated heterocycles. The van der Waals surface area contributed by atoms with Crippen molar-refractivity contribution >= 4 is 41.5 Å². The fourth-order valence-electron chi connectivity index (χ4n) is 2.38. The Morgan fingerprint density at radius 3 is 2.85 bits per heavy atom. The second kappa shape index (κ2) is 8.08. The van der Waals surface area contributed by atoms with Crippen LogP contribution < -0.4 is 5.32 Å². The van der Waals surface area contributed by atoms with Crippen LogP contribution in [0, 0.1) is 5.92 Å². The maximum Gasteiger partial charge on any atom is 0.227 e. The van der Waals surface area contributed by atoms with Crippen LogP contribution in [0.15, 0.2) is 18.2 Å². The second-order valence-corrected chi connectivity index (χ2v) is 5.74. The van der Waals surface area contributed by atoms with Gasteiger partial charge in [-0.15, -0.1) is 12.4 Å². The van der Waals surface area contributed by atoms with Crippen molar-refractivity contribution in [3.05, 3.63) is 33.8 Å². The molecule has 0 radical (unpaired) electrons. The summed E-state index contributed by atoms with van der Waals surface area (Å²) in [5.74, 6) is 0.250. The molecule has 1 aliphatic heterocycles. The second-order valence-electron chi connectivity index (χ2n) is 4.95. The fourth-order valence-corrected chi connectivity index (χ4v) is 2.76. The first-order chi connectivity index (χ1) is 9.09. The van der Waals surface area contributed by atoms with Gasteiger partial charge in [0, 0.05) is 20.1 Å². The van der Waals surface area contributed by atoms with Gasteiger partial charge in [-0.2, -0.15) is 0 Å². The van der Waals surface area contributed by atoms with Gasteiger partial charge in [0.25, 0.3) is 0 Å². The van der Waals surface area contributed by atoms with Crippen LogP contribution in [0.3, 0.4) is 0 Å². The molecule has 1 heterocycles. The van der Waals surface area contributed by atoms with Crippen LogP contribution in [0.2, 0.25) is 10.0 Å². The minimum atomic E-state index is 0. The molecule has 0 spiro atoms. The zero-order valence-corrected chi connectivity index (χ0v) is 13.7. The third kappa shape index (κ3) is 4.26. The summed E-state index contributed by atoms with van der Waals surface area (Å²) in [6.45, 7) is 2.27. The number of hydrogen-bond acceptors (Lipinski definition) is 2. The van der Waals surface area contributed by atoms with Crippen molar-refractivity contribution in [3.63, 3.8) is 0 Å². The van der Waals surface area contributed by atoms with Gasteiger partial charge in [-0.05, 0) is 31.0 Å². The van der Waals surface area contributed by atoms with Gasteiger partial charge in [0.1, 0.15) is 0 Å². The topological polar surface area (TPSA) is 32.3 Å². The summed E-state index contributed by atoms with van der Waals surface area (Å²) in [6, 6.07) is 5.50. The van der Waals surface area contributed by atoms with E-state index in [1.54, 1.807) is 11.0 Å². The van der Waals surface area contributed by atoms with Crippen molar-refractivity contribution in [1.29, 1.82) is 0 Å². The normalized spacial score (nSPS) is 18.2. The number of piperidine rings is 1. The molecule has 3 nitrogen and oxygen atoms in total. The largest absolute Gasteiger partial charge is 0.341 e. The number of rotatable bonds is 3. The lowest BCUT2D eigenvalue weighted by Gasteiger charge is -2.27. The van der Waals surface area contributed by atoms with E-state index >= 15 is 0 Å². The summed E-state index contributed by atoms with van der Waals surface area (Å²) in [6.07, 6.45) is 2.02. The van der Waals surface area contributed by atoms with Gasteiger partial charge in [0.2, 0.25) is 5.91 Å². The quantitative estimate of drug-likeness (QED) is 0.917. The zero-order valence-electron chi connectivity index (χ0n) is 11.4. The Morgan fingerprint density at radius 2 is 2.20 bits per heavy atom. The van der Waals surface area contributed by atoms with Crippen molar-refractivity contribution in [2.45, 2.75) is 19.4 Å². The lowest BCUT2D eigenvalue weighted by molar-refractivity contribution is -0.135. The molecule has 1 aromatic rings. The van der Waals surface area contributed by atoms with Crippen LogP contribution in [-0.4, -0.2) is 30.9 Å². The minimum Gasteiger partial charge on any atom is -0.341 e. The van der Waals surface area contributed by atoms with Gasteiger partial charge in [0.05, 0.1) is 16.0 Å². The lowest BCUT2D eigenvalue weighted by atomic mass is 9.98. The molecular weight excluding hydrogens is 319 g/mol. The van der Waals surface area contributed by atoms with Gasteiger partial charge in [-0.25, -0.2) is 0 Å². The van der Waals surface area contributed by atoms with Crippen molar-refractivity contribution in [1.82, 2.24) is 10.2 Å². The Balaban J connectivity index is 0.00000200. The van der Waals surface area contributed by atoms with E-state index in [1.165, 1.54) is 0 Å². The van der Waals surface area contributed by atoms with Gasteiger partial charge in [0.15, 0.2) is 0 Å². The van der Waals surface area contributed by atoms with Crippen molar-refractivity contribution in [2.75, 3.05) is 20.1 Å². The van der Waals surface area contributed by atoms with Crippen LogP contribution >= 0.6 is 35.6 Å². The fraction of sp³-hybridized carbons (Fsp3) is 0.500. The van der Waals surface area contributed by atoms with Crippen LogP contribution in [0.5, 0.6) is 0 Å². The van der Waals surface area contributed by atoms with Crippen LogP contribution in [0.1, 0.15) is 18.4 Å².